The molecular formula is C19H9Cl3O4S. The maximum atomic E-state index is 12.4. The van der Waals surface area contributed by atoms with E-state index >= 15 is 0 Å². The largest absolute Gasteiger partial charge is 0.453 e. The Morgan fingerprint density at radius 3 is 2.63 bits per heavy atom. The molecule has 0 radical (unpaired) electrons. The molecule has 4 aromatic rings. The van der Waals surface area contributed by atoms with Crippen LogP contribution in [-0.4, -0.2) is 18.4 Å². The predicted molar refractivity (Wildman–Crippen MR) is 108 cm³/mol. The number of rotatable bonds is 4. The monoisotopic (exact) mass is 438 g/mol. The number of halogens is 3. The fourth-order valence-electron chi connectivity index (χ4n) is 2.63. The third-order valence-electron chi connectivity index (χ3n) is 3.87. The smallest absolute Gasteiger partial charge is 0.350 e. The molecule has 0 saturated carbocycles. The first kappa shape index (κ1) is 18.3. The number of esters is 1. The SMILES string of the molecule is O=C(COC(=O)c1sc2cc(Cl)cc(Cl)c2c1Cl)c1cc2ccccc2o1. The Balaban J connectivity index is 1.54. The van der Waals surface area contributed by atoms with Crippen LogP contribution in [0.1, 0.15) is 20.2 Å². The number of furan rings is 1. The van der Waals surface area contributed by atoms with Crippen LogP contribution >= 0.6 is 46.1 Å². The molecule has 0 atom stereocenters. The highest BCUT2D eigenvalue weighted by molar-refractivity contribution is 7.21. The van der Waals surface area contributed by atoms with Crippen molar-refractivity contribution in [1.29, 1.82) is 0 Å². The van der Waals surface area contributed by atoms with E-state index < -0.39 is 18.4 Å². The molecule has 0 bridgehead atoms. The van der Waals surface area contributed by atoms with E-state index in [1.807, 2.05) is 12.1 Å². The molecule has 2 aromatic heterocycles. The number of thiophene rings is 1. The van der Waals surface area contributed by atoms with Gasteiger partial charge in [-0.3, -0.25) is 4.79 Å². The molecule has 0 saturated heterocycles. The molecule has 0 aliphatic rings. The lowest BCUT2D eigenvalue weighted by molar-refractivity contribution is 0.0473. The Labute approximate surface area is 172 Å². The lowest BCUT2D eigenvalue weighted by Gasteiger charge is -2.01. The maximum absolute atomic E-state index is 12.4. The third-order valence-corrected chi connectivity index (χ3v) is 5.99. The van der Waals surface area contributed by atoms with Gasteiger partial charge < -0.3 is 9.15 Å². The number of carbonyl (C=O) groups excluding carboxylic acids is 2. The zero-order chi connectivity index (χ0) is 19.1. The van der Waals surface area contributed by atoms with Crippen molar-refractivity contribution < 1.29 is 18.7 Å². The van der Waals surface area contributed by atoms with Gasteiger partial charge in [0.2, 0.25) is 5.78 Å². The molecule has 0 unspecified atom stereocenters. The van der Waals surface area contributed by atoms with E-state index in [1.54, 1.807) is 30.3 Å². The predicted octanol–water partition coefficient (Wildman–Crippen LogP) is 6.65. The van der Waals surface area contributed by atoms with Crippen molar-refractivity contribution in [3.8, 4) is 0 Å². The van der Waals surface area contributed by atoms with Gasteiger partial charge in [-0.05, 0) is 24.3 Å². The summed E-state index contributed by atoms with van der Waals surface area (Å²) in [5.74, 6) is -1.03. The summed E-state index contributed by atoms with van der Waals surface area (Å²) in [6.07, 6.45) is 0. The summed E-state index contributed by atoms with van der Waals surface area (Å²) in [4.78, 5) is 24.8. The van der Waals surface area contributed by atoms with E-state index in [0.29, 0.717) is 25.7 Å². The Morgan fingerprint density at radius 2 is 1.85 bits per heavy atom. The van der Waals surface area contributed by atoms with Crippen molar-refractivity contribution >= 4 is 78.9 Å². The number of ketones is 1. The first-order valence-electron chi connectivity index (χ1n) is 7.70. The van der Waals surface area contributed by atoms with Gasteiger partial charge in [-0.15, -0.1) is 11.3 Å². The number of Topliss-reactive ketones (excluding diaryl/α,β-unsaturated/α-hetero) is 1. The van der Waals surface area contributed by atoms with E-state index in [2.05, 4.69) is 0 Å². The van der Waals surface area contributed by atoms with Gasteiger partial charge in [-0.25, -0.2) is 4.79 Å². The van der Waals surface area contributed by atoms with Crippen LogP contribution < -0.4 is 0 Å². The number of para-hydroxylation sites is 1. The number of fused-ring (bicyclic) bond motifs is 2. The van der Waals surface area contributed by atoms with Gasteiger partial charge >= 0.3 is 5.97 Å². The highest BCUT2D eigenvalue weighted by Gasteiger charge is 2.22. The molecule has 0 fully saturated rings. The standard InChI is InChI=1S/C19H9Cl3O4S/c20-10-6-11(21)16-15(7-10)27-18(17(16)22)19(24)25-8-12(23)14-5-9-3-1-2-4-13(9)26-14/h1-7H,8H2. The number of hydrogen-bond acceptors (Lipinski definition) is 5. The Hall–Kier alpha value is -2.05. The van der Waals surface area contributed by atoms with Crippen molar-refractivity contribution in [3.63, 3.8) is 0 Å². The molecule has 2 aromatic carbocycles. The number of ether oxygens (including phenoxy) is 1. The molecule has 0 amide bonds. The van der Waals surface area contributed by atoms with Gasteiger partial charge in [0.1, 0.15) is 10.5 Å². The molecule has 0 aliphatic heterocycles. The van der Waals surface area contributed by atoms with Crippen LogP contribution in [0.15, 0.2) is 46.9 Å². The minimum absolute atomic E-state index is 0.126. The Morgan fingerprint density at radius 1 is 1.07 bits per heavy atom. The summed E-state index contributed by atoms with van der Waals surface area (Å²) < 4.78 is 11.3. The van der Waals surface area contributed by atoms with Crippen LogP contribution in [0.4, 0.5) is 0 Å². The minimum atomic E-state index is -0.710. The van der Waals surface area contributed by atoms with Crippen molar-refractivity contribution in [3.05, 3.63) is 68.2 Å². The molecule has 0 N–H and O–H groups in total. The number of carbonyl (C=O) groups is 2. The average molecular weight is 440 g/mol. The highest BCUT2D eigenvalue weighted by atomic mass is 35.5. The second-order valence-electron chi connectivity index (χ2n) is 5.65. The zero-order valence-corrected chi connectivity index (χ0v) is 16.5. The van der Waals surface area contributed by atoms with Crippen molar-refractivity contribution in [1.82, 2.24) is 0 Å². The molecule has 4 rings (SSSR count). The summed E-state index contributed by atoms with van der Waals surface area (Å²) in [6, 6.07) is 12.0. The molecule has 8 heteroatoms. The van der Waals surface area contributed by atoms with Crippen LogP contribution in [0.2, 0.25) is 15.1 Å². The van der Waals surface area contributed by atoms with E-state index in [1.165, 1.54) is 0 Å². The highest BCUT2D eigenvalue weighted by Crippen LogP contribution is 2.41. The number of benzene rings is 2. The summed E-state index contributed by atoms with van der Waals surface area (Å²) in [6.45, 7) is -0.461. The third kappa shape index (κ3) is 3.44. The normalized spacial score (nSPS) is 11.2. The first-order valence-corrected chi connectivity index (χ1v) is 9.65. The van der Waals surface area contributed by atoms with Crippen LogP contribution in [0.3, 0.4) is 0 Å². The molecule has 2 heterocycles. The molecule has 0 aliphatic carbocycles. The van der Waals surface area contributed by atoms with Crippen molar-refractivity contribution in [2.45, 2.75) is 0 Å². The van der Waals surface area contributed by atoms with Gasteiger partial charge in [-0.2, -0.15) is 0 Å². The summed E-state index contributed by atoms with van der Waals surface area (Å²) in [5, 5.41) is 2.29. The van der Waals surface area contributed by atoms with Gasteiger partial charge in [0.05, 0.1) is 10.0 Å². The lowest BCUT2D eigenvalue weighted by atomic mass is 10.2. The van der Waals surface area contributed by atoms with E-state index in [-0.39, 0.29) is 15.7 Å². The second-order valence-corrected chi connectivity index (χ2v) is 7.93. The van der Waals surface area contributed by atoms with Crippen LogP contribution in [0, 0.1) is 0 Å². The van der Waals surface area contributed by atoms with E-state index in [4.69, 9.17) is 44.0 Å². The summed E-state index contributed by atoms with van der Waals surface area (Å²) >= 11 is 19.5. The average Bonchev–Trinajstić information content (AvgIpc) is 3.20. The number of hydrogen-bond donors (Lipinski definition) is 0. The minimum Gasteiger partial charge on any atom is -0.453 e. The van der Waals surface area contributed by atoms with Crippen LogP contribution in [0.25, 0.3) is 21.1 Å². The van der Waals surface area contributed by atoms with Gasteiger partial charge in [0.25, 0.3) is 0 Å². The topological polar surface area (TPSA) is 56.5 Å². The fourth-order valence-corrected chi connectivity index (χ4v) is 4.89. The zero-order valence-electron chi connectivity index (χ0n) is 13.4. The molecule has 4 nitrogen and oxygen atoms in total. The second kappa shape index (κ2) is 7.17. The fraction of sp³-hybridized carbons (Fsp3) is 0.0526. The van der Waals surface area contributed by atoms with Crippen molar-refractivity contribution in [2.75, 3.05) is 6.61 Å². The van der Waals surface area contributed by atoms with E-state index in [0.717, 1.165) is 16.7 Å². The molecule has 136 valence electrons. The molecular weight excluding hydrogens is 431 g/mol. The summed E-state index contributed by atoms with van der Waals surface area (Å²) in [7, 11) is 0. The van der Waals surface area contributed by atoms with Gasteiger partial charge in [0.15, 0.2) is 12.4 Å². The maximum Gasteiger partial charge on any atom is 0.350 e. The van der Waals surface area contributed by atoms with Crippen LogP contribution in [0.5, 0.6) is 0 Å². The molecule has 27 heavy (non-hydrogen) atoms. The Bertz CT molecular complexity index is 1180. The summed E-state index contributed by atoms with van der Waals surface area (Å²) in [5.41, 5.74) is 0.589. The first-order chi connectivity index (χ1) is 12.9. The lowest BCUT2D eigenvalue weighted by Crippen LogP contribution is -2.13. The van der Waals surface area contributed by atoms with Gasteiger partial charge in [-0.1, -0.05) is 53.0 Å². The Kier molecular flexibility index (Phi) is 4.86. The molecule has 0 spiro atoms. The van der Waals surface area contributed by atoms with Gasteiger partial charge in [0, 0.05) is 20.5 Å². The van der Waals surface area contributed by atoms with Crippen LogP contribution in [-0.2, 0) is 4.74 Å². The van der Waals surface area contributed by atoms with Crippen molar-refractivity contribution in [2.24, 2.45) is 0 Å². The van der Waals surface area contributed by atoms with E-state index in [9.17, 15) is 9.59 Å². The quantitative estimate of drug-likeness (QED) is 0.264.